The van der Waals surface area contributed by atoms with Crippen LogP contribution in [-0.4, -0.2) is 37.2 Å². The van der Waals surface area contributed by atoms with E-state index in [1.807, 2.05) is 35.1 Å². The van der Waals surface area contributed by atoms with Crippen LogP contribution in [0.2, 0.25) is 10.0 Å². The summed E-state index contributed by atoms with van der Waals surface area (Å²) in [6.07, 6.45) is 2.98. The number of imidazole rings is 1. The number of benzene rings is 3. The Morgan fingerprint density at radius 3 is 2.41 bits per heavy atom. The Bertz CT molecular complexity index is 1580. The van der Waals surface area contributed by atoms with Crippen LogP contribution in [0.25, 0.3) is 5.69 Å². The maximum absolute atomic E-state index is 13.0. The molecule has 4 aromatic rings. The molecule has 1 unspecified atom stereocenters. The SMILES string of the molecule is COC(=O)Nc1ccc(-n2ccnc2C(Cc2ccccc2)NC(=O)NS(=O)(=O)c2cccc(Cl)c2Cl)cc1. The van der Waals surface area contributed by atoms with Gasteiger partial charge in [-0.15, -0.1) is 0 Å². The Balaban J connectivity index is 1.61. The van der Waals surface area contributed by atoms with Crippen molar-refractivity contribution in [1.82, 2.24) is 19.6 Å². The minimum Gasteiger partial charge on any atom is -0.453 e. The van der Waals surface area contributed by atoms with E-state index in [0.717, 1.165) is 5.56 Å². The van der Waals surface area contributed by atoms with E-state index in [1.165, 1.54) is 25.3 Å². The minimum atomic E-state index is -4.33. The van der Waals surface area contributed by atoms with Crippen molar-refractivity contribution in [2.75, 3.05) is 12.4 Å². The van der Waals surface area contributed by atoms with Crippen LogP contribution in [0.4, 0.5) is 15.3 Å². The second kappa shape index (κ2) is 12.2. The number of methoxy groups -OCH3 is 1. The van der Waals surface area contributed by atoms with Gasteiger partial charge in [0, 0.05) is 23.8 Å². The summed E-state index contributed by atoms with van der Waals surface area (Å²) in [5.41, 5.74) is 2.10. The van der Waals surface area contributed by atoms with Gasteiger partial charge in [-0.1, -0.05) is 59.6 Å². The van der Waals surface area contributed by atoms with Crippen molar-refractivity contribution < 1.29 is 22.7 Å². The Labute approximate surface area is 235 Å². The summed E-state index contributed by atoms with van der Waals surface area (Å²) in [6.45, 7) is 0. The zero-order chi connectivity index (χ0) is 28.0. The topological polar surface area (TPSA) is 131 Å². The molecule has 0 bridgehead atoms. The fourth-order valence-electron chi connectivity index (χ4n) is 3.78. The van der Waals surface area contributed by atoms with Crippen LogP contribution < -0.4 is 15.4 Å². The van der Waals surface area contributed by atoms with Gasteiger partial charge >= 0.3 is 12.1 Å². The first kappa shape index (κ1) is 28.0. The fraction of sp³-hybridized carbons (Fsp3) is 0.115. The molecule has 0 aliphatic heterocycles. The molecular weight excluding hydrogens is 565 g/mol. The third-order valence-corrected chi connectivity index (χ3v) is 7.88. The zero-order valence-corrected chi connectivity index (χ0v) is 22.8. The number of amides is 3. The highest BCUT2D eigenvalue weighted by Gasteiger charge is 2.26. The third kappa shape index (κ3) is 6.88. The summed E-state index contributed by atoms with van der Waals surface area (Å²) >= 11 is 12.0. The van der Waals surface area contributed by atoms with Crippen LogP contribution >= 0.6 is 23.2 Å². The molecule has 0 aliphatic rings. The number of rotatable bonds is 8. The number of ether oxygens (including phenoxy) is 1. The second-order valence-electron chi connectivity index (χ2n) is 8.19. The van der Waals surface area contributed by atoms with Crippen molar-refractivity contribution in [3.63, 3.8) is 0 Å². The van der Waals surface area contributed by atoms with Crippen molar-refractivity contribution in [1.29, 1.82) is 0 Å². The van der Waals surface area contributed by atoms with Crippen LogP contribution in [0, 0.1) is 0 Å². The number of hydrogen-bond acceptors (Lipinski definition) is 6. The summed E-state index contributed by atoms with van der Waals surface area (Å²) in [6, 6.07) is 18.6. The van der Waals surface area contributed by atoms with E-state index >= 15 is 0 Å². The summed E-state index contributed by atoms with van der Waals surface area (Å²) in [5.74, 6) is 0.445. The van der Waals surface area contributed by atoms with Gasteiger partial charge in [-0.2, -0.15) is 0 Å². The molecule has 1 aromatic heterocycles. The number of nitrogens with one attached hydrogen (secondary N) is 3. The van der Waals surface area contributed by atoms with Crippen LogP contribution in [0.15, 0.2) is 90.1 Å². The van der Waals surface area contributed by atoms with Crippen molar-refractivity contribution in [3.05, 3.63) is 107 Å². The van der Waals surface area contributed by atoms with Crippen molar-refractivity contribution in [2.24, 2.45) is 0 Å². The first-order valence-electron chi connectivity index (χ1n) is 11.5. The number of aromatic nitrogens is 2. The van der Waals surface area contributed by atoms with Crippen LogP contribution in [-0.2, 0) is 21.2 Å². The largest absolute Gasteiger partial charge is 0.453 e. The zero-order valence-electron chi connectivity index (χ0n) is 20.5. The van der Waals surface area contributed by atoms with Crippen molar-refractivity contribution in [3.8, 4) is 5.69 Å². The molecule has 1 atom stereocenters. The normalized spacial score (nSPS) is 11.9. The summed E-state index contributed by atoms with van der Waals surface area (Å²) in [5, 5.41) is 5.14. The van der Waals surface area contributed by atoms with E-state index in [-0.39, 0.29) is 14.9 Å². The molecule has 10 nitrogen and oxygen atoms in total. The number of carbonyl (C=O) groups excluding carboxylic acids is 2. The molecule has 39 heavy (non-hydrogen) atoms. The molecule has 202 valence electrons. The average Bonchev–Trinajstić information content (AvgIpc) is 3.40. The molecule has 13 heteroatoms. The van der Waals surface area contributed by atoms with Crippen LogP contribution in [0.5, 0.6) is 0 Å². The lowest BCUT2D eigenvalue weighted by Gasteiger charge is -2.21. The number of halogens is 2. The predicted molar refractivity (Wildman–Crippen MR) is 148 cm³/mol. The van der Waals surface area contributed by atoms with Gasteiger partial charge in [0.2, 0.25) is 0 Å². The molecule has 0 saturated carbocycles. The molecule has 3 N–H and O–H groups in total. The number of sulfonamides is 1. The number of hydrogen-bond donors (Lipinski definition) is 3. The van der Waals surface area contributed by atoms with Crippen LogP contribution in [0.1, 0.15) is 17.4 Å². The Kier molecular flexibility index (Phi) is 8.75. The van der Waals surface area contributed by atoms with E-state index in [4.69, 9.17) is 23.2 Å². The molecule has 0 radical (unpaired) electrons. The van der Waals surface area contributed by atoms with E-state index in [0.29, 0.717) is 23.6 Å². The first-order valence-corrected chi connectivity index (χ1v) is 13.7. The predicted octanol–water partition coefficient (Wildman–Crippen LogP) is 5.33. The first-order chi connectivity index (χ1) is 18.7. The standard InChI is InChI=1S/C26H23Cl2N5O5S/c1-38-26(35)30-18-10-12-19(13-11-18)33-15-14-29-24(33)21(16-17-6-3-2-4-7-17)31-25(34)32-39(36,37)22-9-5-8-20(27)23(22)28/h2-15,21H,16H2,1H3,(H,30,35)(H2,31,32,34). The third-order valence-electron chi connectivity index (χ3n) is 5.58. The van der Waals surface area contributed by atoms with E-state index in [9.17, 15) is 18.0 Å². The van der Waals surface area contributed by atoms with Gasteiger partial charge in [0.25, 0.3) is 10.0 Å². The van der Waals surface area contributed by atoms with E-state index in [1.54, 1.807) is 41.2 Å². The summed E-state index contributed by atoms with van der Waals surface area (Å²) < 4.78 is 34.1. The molecular formula is C26H23Cl2N5O5S. The molecule has 0 saturated heterocycles. The van der Waals surface area contributed by atoms with E-state index in [2.05, 4.69) is 20.4 Å². The molecule has 3 aromatic carbocycles. The quantitative estimate of drug-likeness (QED) is 0.255. The molecule has 0 fully saturated rings. The maximum Gasteiger partial charge on any atom is 0.411 e. The minimum absolute atomic E-state index is 0.0386. The summed E-state index contributed by atoms with van der Waals surface area (Å²) in [7, 11) is -3.06. The number of urea groups is 1. The molecule has 3 amide bonds. The fourth-order valence-corrected chi connectivity index (χ4v) is 5.46. The summed E-state index contributed by atoms with van der Waals surface area (Å²) in [4.78, 5) is 28.6. The lowest BCUT2D eigenvalue weighted by atomic mass is 10.1. The van der Waals surface area contributed by atoms with Gasteiger partial charge in [0.05, 0.1) is 23.2 Å². The highest BCUT2D eigenvalue weighted by molar-refractivity contribution is 7.90. The van der Waals surface area contributed by atoms with Gasteiger partial charge in [-0.3, -0.25) is 5.32 Å². The molecule has 0 spiro atoms. The number of carbonyl (C=O) groups is 2. The van der Waals surface area contributed by atoms with Gasteiger partial charge in [-0.05, 0) is 48.4 Å². The second-order valence-corrected chi connectivity index (χ2v) is 10.6. The van der Waals surface area contributed by atoms with Gasteiger partial charge in [0.15, 0.2) is 0 Å². The maximum atomic E-state index is 13.0. The molecule has 0 aliphatic carbocycles. The molecule has 4 rings (SSSR count). The molecule has 1 heterocycles. The van der Waals surface area contributed by atoms with Crippen molar-refractivity contribution >= 4 is 51.0 Å². The highest BCUT2D eigenvalue weighted by Crippen LogP contribution is 2.29. The number of anilines is 1. The Morgan fingerprint density at radius 1 is 1.00 bits per heavy atom. The Hall–Kier alpha value is -4.06. The van der Waals surface area contributed by atoms with Gasteiger partial charge in [-0.25, -0.2) is 27.7 Å². The van der Waals surface area contributed by atoms with Crippen LogP contribution in [0.3, 0.4) is 0 Å². The number of nitrogens with zero attached hydrogens (tertiary/aromatic N) is 2. The monoisotopic (exact) mass is 587 g/mol. The van der Waals surface area contributed by atoms with Crippen molar-refractivity contribution in [2.45, 2.75) is 17.4 Å². The smallest absolute Gasteiger partial charge is 0.411 e. The lowest BCUT2D eigenvalue weighted by Crippen LogP contribution is -2.42. The van der Waals surface area contributed by atoms with Gasteiger partial charge < -0.3 is 14.6 Å². The Morgan fingerprint density at radius 2 is 1.72 bits per heavy atom. The van der Waals surface area contributed by atoms with Gasteiger partial charge in [0.1, 0.15) is 10.7 Å². The van der Waals surface area contributed by atoms with E-state index < -0.39 is 28.2 Å². The lowest BCUT2D eigenvalue weighted by molar-refractivity contribution is 0.187. The highest BCUT2D eigenvalue weighted by atomic mass is 35.5. The average molecular weight is 588 g/mol.